The number of isocyanates is 1. The van der Waals surface area contributed by atoms with E-state index in [-0.39, 0.29) is 5.41 Å². The van der Waals surface area contributed by atoms with E-state index in [9.17, 15) is 4.79 Å². The van der Waals surface area contributed by atoms with Crippen LogP contribution < -0.4 is 0 Å². The highest BCUT2D eigenvalue weighted by molar-refractivity contribution is 9.10. The Morgan fingerprint density at radius 3 is 2.43 bits per heavy atom. The number of benzene rings is 1. The lowest BCUT2D eigenvalue weighted by molar-refractivity contribution is 0.526. The van der Waals surface area contributed by atoms with E-state index in [2.05, 4.69) is 34.8 Å². The summed E-state index contributed by atoms with van der Waals surface area (Å²) in [6.07, 6.45) is 1.57. The van der Waals surface area contributed by atoms with Gasteiger partial charge in [0.25, 0.3) is 0 Å². The number of nitrogens with zero attached hydrogens (tertiary/aromatic N) is 1. The monoisotopic (exact) mass is 253 g/mol. The Balaban J connectivity index is 2.91. The molecule has 3 heteroatoms. The van der Waals surface area contributed by atoms with Crippen molar-refractivity contribution in [1.29, 1.82) is 0 Å². The predicted molar refractivity (Wildman–Crippen MR) is 60.2 cm³/mol. The van der Waals surface area contributed by atoms with Gasteiger partial charge in [0.05, 0.1) is 6.54 Å². The van der Waals surface area contributed by atoms with Crippen LogP contribution in [0.15, 0.2) is 33.7 Å². The van der Waals surface area contributed by atoms with E-state index < -0.39 is 0 Å². The molecule has 0 aliphatic heterocycles. The van der Waals surface area contributed by atoms with Gasteiger partial charge in [0.1, 0.15) is 0 Å². The zero-order valence-electron chi connectivity index (χ0n) is 8.25. The summed E-state index contributed by atoms with van der Waals surface area (Å²) in [7, 11) is 0. The molecule has 0 atom stereocenters. The van der Waals surface area contributed by atoms with Crippen molar-refractivity contribution in [3.63, 3.8) is 0 Å². The third-order valence-corrected chi connectivity index (χ3v) is 2.69. The fraction of sp³-hybridized carbons (Fsp3) is 0.364. The Bertz CT molecular complexity index is 350. The summed E-state index contributed by atoms with van der Waals surface area (Å²) >= 11 is 3.38. The summed E-state index contributed by atoms with van der Waals surface area (Å²) < 4.78 is 1.05. The van der Waals surface area contributed by atoms with E-state index in [0.29, 0.717) is 6.54 Å². The summed E-state index contributed by atoms with van der Waals surface area (Å²) in [5.41, 5.74) is 1.05. The van der Waals surface area contributed by atoms with Gasteiger partial charge in [-0.15, -0.1) is 0 Å². The van der Waals surface area contributed by atoms with Gasteiger partial charge in [-0.3, -0.25) is 0 Å². The van der Waals surface area contributed by atoms with Crippen LogP contribution in [0.3, 0.4) is 0 Å². The number of hydrogen-bond donors (Lipinski definition) is 0. The zero-order chi connectivity index (χ0) is 10.6. The average molecular weight is 254 g/mol. The minimum atomic E-state index is -0.113. The minimum Gasteiger partial charge on any atom is -0.211 e. The molecule has 2 nitrogen and oxygen atoms in total. The second kappa shape index (κ2) is 4.54. The van der Waals surface area contributed by atoms with Gasteiger partial charge in [-0.1, -0.05) is 41.9 Å². The largest absolute Gasteiger partial charge is 0.234 e. The quantitative estimate of drug-likeness (QED) is 0.602. The van der Waals surface area contributed by atoms with E-state index in [1.165, 1.54) is 5.56 Å². The predicted octanol–water partition coefficient (Wildman–Crippen LogP) is 3.06. The van der Waals surface area contributed by atoms with E-state index in [0.717, 1.165) is 4.47 Å². The van der Waals surface area contributed by atoms with Crippen molar-refractivity contribution in [2.24, 2.45) is 4.99 Å². The van der Waals surface area contributed by atoms with Crippen molar-refractivity contribution in [2.45, 2.75) is 19.3 Å². The van der Waals surface area contributed by atoms with Crippen molar-refractivity contribution in [2.75, 3.05) is 6.54 Å². The second-order valence-electron chi connectivity index (χ2n) is 3.80. The molecule has 0 aliphatic carbocycles. The second-order valence-corrected chi connectivity index (χ2v) is 4.71. The van der Waals surface area contributed by atoms with Crippen molar-refractivity contribution < 1.29 is 4.79 Å². The topological polar surface area (TPSA) is 29.4 Å². The molecule has 1 rings (SSSR count). The zero-order valence-corrected chi connectivity index (χ0v) is 9.84. The molecule has 0 saturated carbocycles. The lowest BCUT2D eigenvalue weighted by atomic mass is 9.85. The summed E-state index contributed by atoms with van der Waals surface area (Å²) in [5, 5.41) is 0. The number of halogens is 1. The van der Waals surface area contributed by atoms with Crippen molar-refractivity contribution in [3.8, 4) is 0 Å². The molecule has 0 unspecified atom stereocenters. The molecule has 0 fully saturated rings. The lowest BCUT2D eigenvalue weighted by Gasteiger charge is -2.22. The molecular weight excluding hydrogens is 242 g/mol. The molecule has 1 aromatic rings. The van der Waals surface area contributed by atoms with Crippen LogP contribution in [0.2, 0.25) is 0 Å². The highest BCUT2D eigenvalue weighted by Gasteiger charge is 2.19. The first kappa shape index (κ1) is 11.2. The van der Waals surface area contributed by atoms with E-state index in [1.54, 1.807) is 6.08 Å². The van der Waals surface area contributed by atoms with E-state index in [4.69, 9.17) is 0 Å². The van der Waals surface area contributed by atoms with Crippen molar-refractivity contribution in [1.82, 2.24) is 0 Å². The maximum absolute atomic E-state index is 10.0. The molecule has 0 heterocycles. The highest BCUT2D eigenvalue weighted by Crippen LogP contribution is 2.24. The van der Waals surface area contributed by atoms with Gasteiger partial charge in [-0.05, 0) is 17.7 Å². The van der Waals surface area contributed by atoms with Crippen molar-refractivity contribution in [3.05, 3.63) is 34.3 Å². The highest BCUT2D eigenvalue weighted by atomic mass is 79.9. The molecule has 0 amide bonds. The third kappa shape index (κ3) is 2.79. The Morgan fingerprint density at radius 2 is 1.93 bits per heavy atom. The van der Waals surface area contributed by atoms with Gasteiger partial charge in [0.2, 0.25) is 6.08 Å². The SMILES string of the molecule is CC(C)(CN=C=O)c1ccc(Br)cc1. The smallest absolute Gasteiger partial charge is 0.211 e. The first-order chi connectivity index (χ1) is 6.56. The number of carbonyl (C=O) groups excluding carboxylic acids is 1. The summed E-state index contributed by atoms with van der Waals surface area (Å²) in [6, 6.07) is 8.04. The third-order valence-electron chi connectivity index (χ3n) is 2.16. The lowest BCUT2D eigenvalue weighted by Crippen LogP contribution is -2.20. The van der Waals surface area contributed by atoms with Crippen LogP contribution in [-0.2, 0) is 10.2 Å². The molecule has 1 aromatic carbocycles. The number of aliphatic imine (C=N–C) groups is 1. The molecule has 0 saturated heterocycles. The summed E-state index contributed by atoms with van der Waals surface area (Å²) in [5.74, 6) is 0. The fourth-order valence-corrected chi connectivity index (χ4v) is 1.49. The maximum atomic E-state index is 10.0. The molecule has 74 valence electrons. The van der Waals surface area contributed by atoms with E-state index >= 15 is 0 Å². The summed E-state index contributed by atoms with van der Waals surface area (Å²) in [4.78, 5) is 13.7. The molecule has 0 bridgehead atoms. The minimum absolute atomic E-state index is 0.113. The first-order valence-corrected chi connectivity index (χ1v) is 5.15. The standard InChI is InChI=1S/C11H12BrNO/c1-11(2,7-13-8-14)9-3-5-10(12)6-4-9/h3-6H,7H2,1-2H3. The molecular formula is C11H12BrNO. The molecule has 0 radical (unpaired) electrons. The Hall–Kier alpha value is -0.920. The maximum Gasteiger partial charge on any atom is 0.234 e. The normalized spacial score (nSPS) is 10.8. The molecule has 0 aromatic heterocycles. The number of hydrogen-bond acceptors (Lipinski definition) is 2. The van der Waals surface area contributed by atoms with Gasteiger partial charge in [0.15, 0.2) is 0 Å². The van der Waals surface area contributed by atoms with Crippen LogP contribution in [-0.4, -0.2) is 12.6 Å². The van der Waals surface area contributed by atoms with Crippen LogP contribution in [0.25, 0.3) is 0 Å². The van der Waals surface area contributed by atoms with Crippen LogP contribution >= 0.6 is 15.9 Å². The molecule has 0 spiro atoms. The van der Waals surface area contributed by atoms with Crippen molar-refractivity contribution >= 4 is 22.0 Å². The van der Waals surface area contributed by atoms with Gasteiger partial charge in [-0.25, -0.2) is 9.79 Å². The fourth-order valence-electron chi connectivity index (χ4n) is 1.22. The van der Waals surface area contributed by atoms with Crippen LogP contribution in [0.5, 0.6) is 0 Å². The molecule has 0 aliphatic rings. The Morgan fingerprint density at radius 1 is 1.36 bits per heavy atom. The van der Waals surface area contributed by atoms with E-state index in [1.807, 2.05) is 24.3 Å². The van der Waals surface area contributed by atoms with Crippen LogP contribution in [0.4, 0.5) is 0 Å². The van der Waals surface area contributed by atoms with Gasteiger partial charge >= 0.3 is 0 Å². The molecule has 0 N–H and O–H groups in total. The Kier molecular flexibility index (Phi) is 3.62. The van der Waals surface area contributed by atoms with Crippen LogP contribution in [0.1, 0.15) is 19.4 Å². The first-order valence-electron chi connectivity index (χ1n) is 4.36. The van der Waals surface area contributed by atoms with Gasteiger partial charge in [-0.2, -0.15) is 0 Å². The van der Waals surface area contributed by atoms with Gasteiger partial charge < -0.3 is 0 Å². The Labute approximate surface area is 92.2 Å². The average Bonchev–Trinajstić information content (AvgIpc) is 2.16. The van der Waals surface area contributed by atoms with Crippen LogP contribution in [0, 0.1) is 0 Å². The number of rotatable bonds is 3. The molecule has 14 heavy (non-hydrogen) atoms. The van der Waals surface area contributed by atoms with Gasteiger partial charge in [0, 0.05) is 9.89 Å². The summed E-state index contributed by atoms with van der Waals surface area (Å²) in [6.45, 7) is 4.58.